The van der Waals surface area contributed by atoms with E-state index in [0.29, 0.717) is 11.4 Å². The Bertz CT molecular complexity index is 753. The van der Waals surface area contributed by atoms with Crippen molar-refractivity contribution in [2.75, 3.05) is 12.4 Å². The molecule has 7 heteroatoms. The first-order valence-corrected chi connectivity index (χ1v) is 7.11. The zero-order chi connectivity index (χ0) is 17.0. The molecule has 0 atom stereocenters. The predicted molar refractivity (Wildman–Crippen MR) is 85.1 cm³/mol. The number of amides is 1. The second kappa shape index (κ2) is 6.48. The third kappa shape index (κ3) is 4.07. The lowest BCUT2D eigenvalue weighted by Crippen LogP contribution is -2.20. The van der Waals surface area contributed by atoms with Crippen molar-refractivity contribution in [2.45, 2.75) is 32.7 Å². The highest BCUT2D eigenvalue weighted by Gasteiger charge is 2.17. The Kier molecular flexibility index (Phi) is 4.65. The van der Waals surface area contributed by atoms with E-state index in [2.05, 4.69) is 36.2 Å². The van der Waals surface area contributed by atoms with Crippen molar-refractivity contribution in [2.24, 2.45) is 0 Å². The molecule has 0 spiro atoms. The fraction of sp³-hybridized carbons (Fsp3) is 0.375. The summed E-state index contributed by atoms with van der Waals surface area (Å²) >= 11 is 0. The van der Waals surface area contributed by atoms with Gasteiger partial charge in [0.1, 0.15) is 24.7 Å². The number of nitrogens with zero attached hydrogens (tertiary/aromatic N) is 4. The summed E-state index contributed by atoms with van der Waals surface area (Å²) < 4.78 is 6.61. The Morgan fingerprint density at radius 3 is 2.74 bits per heavy atom. The number of hydrogen-bond acceptors (Lipinski definition) is 5. The molecule has 0 aliphatic rings. The van der Waals surface area contributed by atoms with E-state index in [9.17, 15) is 4.79 Å². The zero-order valence-electron chi connectivity index (χ0n) is 13.6. The smallest absolute Gasteiger partial charge is 0.252 e. The molecular weight excluding hydrogens is 294 g/mol. The molecule has 23 heavy (non-hydrogen) atoms. The minimum absolute atomic E-state index is 0.0302. The molecule has 1 heterocycles. The Balaban J connectivity index is 2.17. The Labute approximate surface area is 134 Å². The maximum Gasteiger partial charge on any atom is 0.252 e. The van der Waals surface area contributed by atoms with Crippen molar-refractivity contribution in [1.82, 2.24) is 14.8 Å². The van der Waals surface area contributed by atoms with Crippen LogP contribution < -0.4 is 10.1 Å². The average molecular weight is 313 g/mol. The van der Waals surface area contributed by atoms with Gasteiger partial charge in [-0.15, -0.1) is 5.10 Å². The number of benzene rings is 1. The second-order valence-corrected chi connectivity index (χ2v) is 6.09. The Morgan fingerprint density at radius 2 is 2.17 bits per heavy atom. The van der Waals surface area contributed by atoms with Crippen LogP contribution in [-0.4, -0.2) is 27.8 Å². The minimum atomic E-state index is -0.274. The molecule has 0 saturated carbocycles. The van der Waals surface area contributed by atoms with Crippen LogP contribution in [0.3, 0.4) is 0 Å². The van der Waals surface area contributed by atoms with Crippen LogP contribution in [0.25, 0.3) is 0 Å². The van der Waals surface area contributed by atoms with E-state index < -0.39 is 0 Å². The molecule has 120 valence electrons. The zero-order valence-corrected chi connectivity index (χ0v) is 13.6. The average Bonchev–Trinajstić information content (AvgIpc) is 2.93. The number of ether oxygens (including phenoxy) is 1. The molecular formula is C16H19N5O2. The number of carbonyl (C=O) groups is 1. The molecule has 0 aliphatic heterocycles. The molecule has 0 unspecified atom stereocenters. The van der Waals surface area contributed by atoms with Crippen molar-refractivity contribution in [3.8, 4) is 11.8 Å². The highest BCUT2D eigenvalue weighted by molar-refractivity contribution is 5.92. The summed E-state index contributed by atoms with van der Waals surface area (Å²) in [5, 5.41) is 15.4. The molecule has 0 fully saturated rings. The van der Waals surface area contributed by atoms with Crippen LogP contribution in [0, 0.1) is 11.3 Å². The molecule has 7 nitrogen and oxygen atoms in total. The number of anilines is 1. The number of hydrogen-bond donors (Lipinski definition) is 1. The van der Waals surface area contributed by atoms with Crippen molar-refractivity contribution < 1.29 is 9.53 Å². The highest BCUT2D eigenvalue weighted by Crippen LogP contribution is 2.31. The molecule has 2 aromatic rings. The van der Waals surface area contributed by atoms with Crippen LogP contribution in [0.4, 0.5) is 5.69 Å². The van der Waals surface area contributed by atoms with E-state index in [1.165, 1.54) is 11.0 Å². The molecule has 0 saturated heterocycles. The summed E-state index contributed by atoms with van der Waals surface area (Å²) in [5.74, 6) is 0.344. The standard InChI is InChI=1S/C16H19N5O2/c1-16(2,3)11-5-6-13(23-4)12(7-11)19-15(22)9-21-10-18-14(8-17)20-21/h5-7,10H,9H2,1-4H3,(H,19,22). The summed E-state index contributed by atoms with van der Waals surface area (Å²) in [5.41, 5.74) is 1.64. The van der Waals surface area contributed by atoms with Crippen LogP contribution in [0.1, 0.15) is 32.2 Å². The monoisotopic (exact) mass is 313 g/mol. The minimum Gasteiger partial charge on any atom is -0.495 e. The second-order valence-electron chi connectivity index (χ2n) is 6.09. The van der Waals surface area contributed by atoms with Gasteiger partial charge >= 0.3 is 0 Å². The van der Waals surface area contributed by atoms with E-state index in [-0.39, 0.29) is 23.7 Å². The fourth-order valence-electron chi connectivity index (χ4n) is 2.03. The first-order valence-electron chi connectivity index (χ1n) is 7.11. The van der Waals surface area contributed by atoms with Gasteiger partial charge in [-0.25, -0.2) is 9.67 Å². The first-order chi connectivity index (χ1) is 10.8. The van der Waals surface area contributed by atoms with Gasteiger partial charge in [-0.2, -0.15) is 5.26 Å². The maximum atomic E-state index is 12.2. The number of methoxy groups -OCH3 is 1. The Morgan fingerprint density at radius 1 is 1.43 bits per heavy atom. The number of aromatic nitrogens is 3. The van der Waals surface area contributed by atoms with Crippen molar-refractivity contribution in [1.29, 1.82) is 5.26 Å². The van der Waals surface area contributed by atoms with Crippen LogP contribution in [0.2, 0.25) is 0 Å². The lowest BCUT2D eigenvalue weighted by atomic mass is 9.87. The van der Waals surface area contributed by atoms with Crippen molar-refractivity contribution >= 4 is 11.6 Å². The molecule has 2 rings (SSSR count). The lowest BCUT2D eigenvalue weighted by molar-refractivity contribution is -0.116. The molecule has 0 radical (unpaired) electrons. The molecule has 1 N–H and O–H groups in total. The van der Waals surface area contributed by atoms with E-state index >= 15 is 0 Å². The summed E-state index contributed by atoms with van der Waals surface area (Å²) in [6, 6.07) is 7.53. The molecule has 0 aliphatic carbocycles. The van der Waals surface area contributed by atoms with Crippen molar-refractivity contribution in [3.05, 3.63) is 35.9 Å². The van der Waals surface area contributed by atoms with Crippen molar-refractivity contribution in [3.63, 3.8) is 0 Å². The van der Waals surface area contributed by atoms with Crippen LogP contribution in [0.5, 0.6) is 5.75 Å². The van der Waals surface area contributed by atoms with E-state index in [1.807, 2.05) is 24.3 Å². The van der Waals surface area contributed by atoms with Crippen LogP contribution in [-0.2, 0) is 16.8 Å². The van der Waals surface area contributed by atoms with Gasteiger partial charge in [-0.3, -0.25) is 4.79 Å². The summed E-state index contributed by atoms with van der Waals surface area (Å²) in [4.78, 5) is 15.9. The quantitative estimate of drug-likeness (QED) is 0.933. The van der Waals surface area contributed by atoms with E-state index in [1.54, 1.807) is 7.11 Å². The lowest BCUT2D eigenvalue weighted by Gasteiger charge is -2.21. The highest BCUT2D eigenvalue weighted by atomic mass is 16.5. The Hall–Kier alpha value is -2.88. The van der Waals surface area contributed by atoms with Gasteiger partial charge in [-0.05, 0) is 23.1 Å². The van der Waals surface area contributed by atoms with Gasteiger partial charge in [0.2, 0.25) is 5.91 Å². The summed E-state index contributed by atoms with van der Waals surface area (Å²) in [7, 11) is 1.55. The summed E-state index contributed by atoms with van der Waals surface area (Å²) in [6.07, 6.45) is 1.35. The third-order valence-electron chi connectivity index (χ3n) is 3.28. The fourth-order valence-corrected chi connectivity index (χ4v) is 2.03. The maximum absolute atomic E-state index is 12.2. The van der Waals surface area contributed by atoms with Gasteiger partial charge in [-0.1, -0.05) is 26.8 Å². The van der Waals surface area contributed by atoms with Gasteiger partial charge < -0.3 is 10.1 Å². The molecule has 1 amide bonds. The van der Waals surface area contributed by atoms with Crippen LogP contribution >= 0.6 is 0 Å². The van der Waals surface area contributed by atoms with E-state index in [4.69, 9.17) is 10.00 Å². The van der Waals surface area contributed by atoms with Gasteiger partial charge in [0.25, 0.3) is 5.82 Å². The molecule has 0 bridgehead atoms. The van der Waals surface area contributed by atoms with Gasteiger partial charge in [0.15, 0.2) is 0 Å². The first kappa shape index (κ1) is 16.5. The molecule has 1 aromatic carbocycles. The number of nitriles is 1. The van der Waals surface area contributed by atoms with Gasteiger partial charge in [0.05, 0.1) is 12.8 Å². The third-order valence-corrected chi connectivity index (χ3v) is 3.28. The SMILES string of the molecule is COc1ccc(C(C)(C)C)cc1NC(=O)Cn1cnc(C#N)n1. The summed E-state index contributed by atoms with van der Waals surface area (Å²) in [6.45, 7) is 6.26. The molecule has 1 aromatic heterocycles. The van der Waals surface area contributed by atoms with E-state index in [0.717, 1.165) is 5.56 Å². The number of rotatable bonds is 4. The van der Waals surface area contributed by atoms with Crippen LogP contribution in [0.15, 0.2) is 24.5 Å². The predicted octanol–water partition coefficient (Wildman–Crippen LogP) is 2.09. The number of carbonyl (C=O) groups excluding carboxylic acids is 1. The van der Waals surface area contributed by atoms with Gasteiger partial charge in [0, 0.05) is 0 Å². The topological polar surface area (TPSA) is 92.8 Å². The largest absolute Gasteiger partial charge is 0.495 e. The number of nitrogens with one attached hydrogen (secondary N) is 1. The normalized spacial score (nSPS) is 10.9.